The fourth-order valence-electron chi connectivity index (χ4n) is 2.96. The van der Waals surface area contributed by atoms with E-state index < -0.39 is 0 Å². The van der Waals surface area contributed by atoms with Crippen LogP contribution in [0.4, 0.5) is 0 Å². The first-order valence-electron chi connectivity index (χ1n) is 9.08. The molecule has 0 spiro atoms. The molecule has 0 saturated carbocycles. The van der Waals surface area contributed by atoms with E-state index in [9.17, 15) is 9.90 Å². The van der Waals surface area contributed by atoms with Crippen molar-refractivity contribution in [1.82, 2.24) is 10.2 Å². The standard InChI is InChI=1S/C23H22N2O2S/c26-16-15-25(17-18-7-2-1-3-8-18)23(28)24-22(27)14-13-20-11-6-10-19-9-4-5-12-21(19)20/h1-14,26H,15-17H2,(H,24,27,28). The lowest BCUT2D eigenvalue weighted by Gasteiger charge is -2.24. The molecule has 0 aliphatic carbocycles. The van der Waals surface area contributed by atoms with Crippen LogP contribution < -0.4 is 5.32 Å². The molecular formula is C23H22N2O2S. The number of hydrogen-bond donors (Lipinski definition) is 2. The van der Waals surface area contributed by atoms with Gasteiger partial charge in [-0.05, 0) is 40.2 Å². The maximum Gasteiger partial charge on any atom is 0.250 e. The smallest absolute Gasteiger partial charge is 0.250 e. The maximum absolute atomic E-state index is 12.3. The topological polar surface area (TPSA) is 52.6 Å². The van der Waals surface area contributed by atoms with E-state index >= 15 is 0 Å². The van der Waals surface area contributed by atoms with Crippen molar-refractivity contribution < 1.29 is 9.90 Å². The number of nitrogens with one attached hydrogen (secondary N) is 1. The lowest BCUT2D eigenvalue weighted by molar-refractivity contribution is -0.115. The van der Waals surface area contributed by atoms with Gasteiger partial charge >= 0.3 is 0 Å². The summed E-state index contributed by atoms with van der Waals surface area (Å²) in [6, 6.07) is 23.8. The number of rotatable bonds is 6. The first kappa shape index (κ1) is 19.7. The van der Waals surface area contributed by atoms with Gasteiger partial charge in [0.05, 0.1) is 6.61 Å². The highest BCUT2D eigenvalue weighted by Gasteiger charge is 2.11. The Labute approximate surface area is 170 Å². The Morgan fingerprint density at radius 2 is 1.71 bits per heavy atom. The van der Waals surface area contributed by atoms with E-state index in [2.05, 4.69) is 5.32 Å². The summed E-state index contributed by atoms with van der Waals surface area (Å²) in [4.78, 5) is 14.1. The van der Waals surface area contributed by atoms with E-state index in [1.807, 2.05) is 72.8 Å². The molecule has 0 aliphatic rings. The summed E-state index contributed by atoms with van der Waals surface area (Å²) < 4.78 is 0. The second kappa shape index (κ2) is 9.78. The van der Waals surface area contributed by atoms with Crippen LogP contribution >= 0.6 is 12.2 Å². The first-order valence-corrected chi connectivity index (χ1v) is 9.49. The Bertz CT molecular complexity index is 981. The number of benzene rings is 3. The van der Waals surface area contributed by atoms with Gasteiger partial charge < -0.3 is 10.0 Å². The van der Waals surface area contributed by atoms with Crippen LogP contribution in [0, 0.1) is 0 Å². The average Bonchev–Trinajstić information content (AvgIpc) is 2.72. The summed E-state index contributed by atoms with van der Waals surface area (Å²) in [7, 11) is 0. The van der Waals surface area contributed by atoms with Gasteiger partial charge in [0.2, 0.25) is 5.91 Å². The molecule has 3 aromatic carbocycles. The number of thiocarbonyl (C=S) groups is 1. The molecule has 28 heavy (non-hydrogen) atoms. The Kier molecular flexibility index (Phi) is 6.89. The molecule has 0 saturated heterocycles. The van der Waals surface area contributed by atoms with Crippen LogP contribution in [0.5, 0.6) is 0 Å². The Morgan fingerprint density at radius 3 is 2.50 bits per heavy atom. The molecule has 3 aromatic rings. The number of nitrogens with zero attached hydrogens (tertiary/aromatic N) is 1. The minimum absolute atomic E-state index is 0.0469. The summed E-state index contributed by atoms with van der Waals surface area (Å²) in [5.74, 6) is -0.297. The van der Waals surface area contributed by atoms with E-state index in [0.717, 1.165) is 21.9 Å². The van der Waals surface area contributed by atoms with Gasteiger partial charge in [-0.25, -0.2) is 0 Å². The van der Waals surface area contributed by atoms with Crippen molar-refractivity contribution in [3.8, 4) is 0 Å². The van der Waals surface area contributed by atoms with Crippen LogP contribution in [0.3, 0.4) is 0 Å². The van der Waals surface area contributed by atoms with Gasteiger partial charge in [0.25, 0.3) is 0 Å². The van der Waals surface area contributed by atoms with Gasteiger partial charge in [-0.2, -0.15) is 0 Å². The third kappa shape index (κ3) is 5.25. The highest BCUT2D eigenvalue weighted by atomic mass is 32.1. The van der Waals surface area contributed by atoms with Crippen molar-refractivity contribution in [2.45, 2.75) is 6.54 Å². The van der Waals surface area contributed by atoms with Crippen molar-refractivity contribution >= 4 is 40.1 Å². The second-order valence-corrected chi connectivity index (χ2v) is 6.71. The van der Waals surface area contributed by atoms with Crippen molar-refractivity contribution in [2.24, 2.45) is 0 Å². The molecule has 0 radical (unpaired) electrons. The predicted octanol–water partition coefficient (Wildman–Crippen LogP) is 3.75. The summed E-state index contributed by atoms with van der Waals surface area (Å²) in [6.45, 7) is 0.823. The Balaban J connectivity index is 1.66. The zero-order chi connectivity index (χ0) is 19.8. The van der Waals surface area contributed by atoms with Gasteiger partial charge in [-0.1, -0.05) is 72.8 Å². The molecule has 1 amide bonds. The van der Waals surface area contributed by atoms with Gasteiger partial charge in [-0.3, -0.25) is 10.1 Å². The SMILES string of the molecule is O=C(C=Cc1cccc2ccccc12)NC(=S)N(CCO)Cc1ccccc1. The average molecular weight is 391 g/mol. The van der Waals surface area contributed by atoms with E-state index in [0.29, 0.717) is 18.2 Å². The molecule has 0 aliphatic heterocycles. The van der Waals surface area contributed by atoms with Gasteiger partial charge in [0.1, 0.15) is 0 Å². The molecule has 0 atom stereocenters. The fraction of sp³-hybridized carbons (Fsp3) is 0.130. The molecule has 4 nitrogen and oxygen atoms in total. The number of amides is 1. The Hall–Kier alpha value is -3.02. The minimum atomic E-state index is -0.297. The summed E-state index contributed by atoms with van der Waals surface area (Å²) in [6.07, 6.45) is 3.27. The quantitative estimate of drug-likeness (QED) is 0.497. The van der Waals surface area contributed by atoms with E-state index in [4.69, 9.17) is 12.2 Å². The van der Waals surface area contributed by atoms with E-state index in [1.165, 1.54) is 6.08 Å². The number of fused-ring (bicyclic) bond motifs is 1. The second-order valence-electron chi connectivity index (χ2n) is 6.33. The molecule has 142 valence electrons. The molecule has 3 rings (SSSR count). The van der Waals surface area contributed by atoms with Gasteiger partial charge in [0.15, 0.2) is 5.11 Å². The zero-order valence-electron chi connectivity index (χ0n) is 15.4. The predicted molar refractivity (Wildman–Crippen MR) is 118 cm³/mol. The largest absolute Gasteiger partial charge is 0.395 e. The monoisotopic (exact) mass is 390 g/mol. The highest BCUT2D eigenvalue weighted by Crippen LogP contribution is 2.19. The number of carbonyl (C=O) groups excluding carboxylic acids is 1. The lowest BCUT2D eigenvalue weighted by atomic mass is 10.0. The number of aliphatic hydroxyl groups excluding tert-OH is 1. The Morgan fingerprint density at radius 1 is 1.00 bits per heavy atom. The molecule has 0 aromatic heterocycles. The van der Waals surface area contributed by atoms with Gasteiger partial charge in [-0.15, -0.1) is 0 Å². The van der Waals surface area contributed by atoms with Crippen molar-refractivity contribution in [3.63, 3.8) is 0 Å². The summed E-state index contributed by atoms with van der Waals surface area (Å²) in [5.41, 5.74) is 2.02. The summed E-state index contributed by atoms with van der Waals surface area (Å²) in [5, 5.41) is 14.6. The van der Waals surface area contributed by atoms with E-state index in [-0.39, 0.29) is 12.5 Å². The first-order chi connectivity index (χ1) is 13.7. The van der Waals surface area contributed by atoms with Crippen molar-refractivity contribution in [2.75, 3.05) is 13.2 Å². The number of carbonyl (C=O) groups is 1. The zero-order valence-corrected chi connectivity index (χ0v) is 16.2. The van der Waals surface area contributed by atoms with Crippen molar-refractivity contribution in [3.05, 3.63) is 90.0 Å². The maximum atomic E-state index is 12.3. The third-order valence-electron chi connectivity index (χ3n) is 4.34. The molecule has 2 N–H and O–H groups in total. The van der Waals surface area contributed by atoms with Crippen LogP contribution in [0.25, 0.3) is 16.8 Å². The lowest BCUT2D eigenvalue weighted by Crippen LogP contribution is -2.43. The minimum Gasteiger partial charge on any atom is -0.395 e. The molecular weight excluding hydrogens is 368 g/mol. The van der Waals surface area contributed by atoms with Crippen LogP contribution in [-0.4, -0.2) is 34.2 Å². The molecule has 0 bridgehead atoms. The highest BCUT2D eigenvalue weighted by molar-refractivity contribution is 7.80. The van der Waals surface area contributed by atoms with Crippen LogP contribution in [0.2, 0.25) is 0 Å². The molecule has 0 fully saturated rings. The molecule has 5 heteroatoms. The third-order valence-corrected chi connectivity index (χ3v) is 4.70. The molecule has 0 heterocycles. The van der Waals surface area contributed by atoms with Crippen LogP contribution in [0.15, 0.2) is 78.9 Å². The molecule has 0 unspecified atom stereocenters. The number of hydrogen-bond acceptors (Lipinski definition) is 3. The van der Waals surface area contributed by atoms with E-state index in [1.54, 1.807) is 11.0 Å². The van der Waals surface area contributed by atoms with Gasteiger partial charge in [0, 0.05) is 19.2 Å². The fourth-order valence-corrected chi connectivity index (χ4v) is 3.22. The normalized spacial score (nSPS) is 10.9. The van der Waals surface area contributed by atoms with Crippen LogP contribution in [0.1, 0.15) is 11.1 Å². The van der Waals surface area contributed by atoms with Crippen LogP contribution in [-0.2, 0) is 11.3 Å². The summed E-state index contributed by atoms with van der Waals surface area (Å²) >= 11 is 5.37. The number of aliphatic hydroxyl groups is 1. The van der Waals surface area contributed by atoms with Crippen molar-refractivity contribution in [1.29, 1.82) is 0 Å².